The molecule has 4 rings (SSSR count). The van der Waals surface area contributed by atoms with Gasteiger partial charge in [-0.2, -0.15) is 0 Å². The summed E-state index contributed by atoms with van der Waals surface area (Å²) < 4.78 is 0. The molecular formula is C19H17N3O3. The molecule has 1 atom stereocenters. The minimum absolute atomic E-state index is 0.0936. The molecule has 3 heterocycles. The van der Waals surface area contributed by atoms with Crippen LogP contribution in [0, 0.1) is 0 Å². The Morgan fingerprint density at radius 1 is 1.04 bits per heavy atom. The Morgan fingerprint density at radius 3 is 2.36 bits per heavy atom. The van der Waals surface area contributed by atoms with E-state index in [9.17, 15) is 14.4 Å². The Morgan fingerprint density at radius 2 is 1.72 bits per heavy atom. The number of hydrogen-bond donors (Lipinski definition) is 0. The smallest absolute Gasteiger partial charge is 0.262 e. The lowest BCUT2D eigenvalue weighted by atomic mass is 10.1. The molecule has 1 fully saturated rings. The number of hydrogen-bond acceptors (Lipinski definition) is 4. The first-order valence-corrected chi connectivity index (χ1v) is 8.32. The van der Waals surface area contributed by atoms with E-state index in [0.717, 1.165) is 23.4 Å². The third kappa shape index (κ3) is 2.59. The average molecular weight is 335 g/mol. The summed E-state index contributed by atoms with van der Waals surface area (Å²) in [4.78, 5) is 44.8. The van der Waals surface area contributed by atoms with Crippen LogP contribution in [0.1, 0.15) is 45.3 Å². The van der Waals surface area contributed by atoms with Crippen molar-refractivity contribution >= 4 is 17.7 Å². The summed E-state index contributed by atoms with van der Waals surface area (Å²) in [6.45, 7) is 0.388. The van der Waals surface area contributed by atoms with E-state index in [2.05, 4.69) is 4.98 Å². The number of nitrogens with zero attached hydrogens (tertiary/aromatic N) is 3. The molecule has 6 heteroatoms. The van der Waals surface area contributed by atoms with Crippen LogP contribution in [0.5, 0.6) is 0 Å². The van der Waals surface area contributed by atoms with Crippen molar-refractivity contribution in [1.29, 1.82) is 0 Å². The molecule has 2 aliphatic heterocycles. The number of carbonyl (C=O) groups excluding carboxylic acids is 3. The third-order valence-corrected chi connectivity index (χ3v) is 4.77. The van der Waals surface area contributed by atoms with Crippen LogP contribution in [0.15, 0.2) is 48.7 Å². The fraction of sp³-hybridized carbons (Fsp3) is 0.263. The molecule has 25 heavy (non-hydrogen) atoms. The molecule has 2 aliphatic rings. The summed E-state index contributed by atoms with van der Waals surface area (Å²) in [5.74, 6) is -1.02. The van der Waals surface area contributed by atoms with Gasteiger partial charge in [0.1, 0.15) is 6.54 Å². The fourth-order valence-corrected chi connectivity index (χ4v) is 3.55. The predicted octanol–water partition coefficient (Wildman–Crippen LogP) is 2.04. The molecule has 1 saturated heterocycles. The fourth-order valence-electron chi connectivity index (χ4n) is 3.55. The molecule has 0 aliphatic carbocycles. The van der Waals surface area contributed by atoms with Gasteiger partial charge >= 0.3 is 0 Å². The highest BCUT2D eigenvalue weighted by molar-refractivity contribution is 6.22. The van der Waals surface area contributed by atoms with Crippen LogP contribution in [-0.2, 0) is 4.79 Å². The molecule has 1 unspecified atom stereocenters. The number of benzene rings is 1. The Hall–Kier alpha value is -3.02. The van der Waals surface area contributed by atoms with Crippen molar-refractivity contribution in [3.63, 3.8) is 0 Å². The van der Waals surface area contributed by atoms with Crippen LogP contribution in [0.3, 0.4) is 0 Å². The Labute approximate surface area is 145 Å². The van der Waals surface area contributed by atoms with E-state index in [-0.39, 0.29) is 18.5 Å². The second kappa shape index (κ2) is 6.12. The molecular weight excluding hydrogens is 318 g/mol. The second-order valence-electron chi connectivity index (χ2n) is 6.24. The first-order valence-electron chi connectivity index (χ1n) is 8.32. The van der Waals surface area contributed by atoms with Gasteiger partial charge in [0.25, 0.3) is 11.8 Å². The number of imide groups is 1. The van der Waals surface area contributed by atoms with E-state index in [1.165, 1.54) is 0 Å². The number of amides is 3. The molecule has 126 valence electrons. The van der Waals surface area contributed by atoms with Gasteiger partial charge in [0.15, 0.2) is 0 Å². The molecule has 6 nitrogen and oxygen atoms in total. The summed E-state index contributed by atoms with van der Waals surface area (Å²) >= 11 is 0. The number of rotatable bonds is 3. The average Bonchev–Trinajstić information content (AvgIpc) is 3.23. The van der Waals surface area contributed by atoms with E-state index >= 15 is 0 Å². The second-order valence-corrected chi connectivity index (χ2v) is 6.24. The van der Waals surface area contributed by atoms with Gasteiger partial charge < -0.3 is 4.90 Å². The van der Waals surface area contributed by atoms with Crippen LogP contribution < -0.4 is 0 Å². The maximum Gasteiger partial charge on any atom is 0.262 e. The minimum Gasteiger partial charge on any atom is -0.333 e. The number of pyridine rings is 1. The Kier molecular flexibility index (Phi) is 3.80. The molecule has 0 N–H and O–H groups in total. The van der Waals surface area contributed by atoms with Crippen molar-refractivity contribution in [2.45, 2.75) is 18.9 Å². The van der Waals surface area contributed by atoms with Crippen LogP contribution in [-0.4, -0.2) is 45.6 Å². The van der Waals surface area contributed by atoms with E-state index in [1.807, 2.05) is 18.2 Å². The van der Waals surface area contributed by atoms with E-state index in [1.54, 1.807) is 35.4 Å². The van der Waals surface area contributed by atoms with Crippen LogP contribution in [0.4, 0.5) is 0 Å². The zero-order valence-electron chi connectivity index (χ0n) is 13.6. The summed E-state index contributed by atoms with van der Waals surface area (Å²) in [5, 5.41) is 0. The monoisotopic (exact) mass is 335 g/mol. The van der Waals surface area contributed by atoms with Gasteiger partial charge in [-0.25, -0.2) is 0 Å². The molecule has 3 amide bonds. The van der Waals surface area contributed by atoms with Gasteiger partial charge in [-0.1, -0.05) is 18.2 Å². The van der Waals surface area contributed by atoms with Crippen molar-refractivity contribution in [3.8, 4) is 0 Å². The van der Waals surface area contributed by atoms with Gasteiger partial charge in [0.2, 0.25) is 5.91 Å². The molecule has 0 bridgehead atoms. The van der Waals surface area contributed by atoms with Crippen molar-refractivity contribution in [2.24, 2.45) is 0 Å². The Balaban J connectivity index is 1.53. The van der Waals surface area contributed by atoms with Gasteiger partial charge in [-0.3, -0.25) is 24.3 Å². The highest BCUT2D eigenvalue weighted by Crippen LogP contribution is 2.31. The molecule has 1 aromatic heterocycles. The summed E-state index contributed by atoms with van der Waals surface area (Å²) in [6.07, 6.45) is 3.43. The van der Waals surface area contributed by atoms with E-state index in [0.29, 0.717) is 17.7 Å². The predicted molar refractivity (Wildman–Crippen MR) is 89.7 cm³/mol. The number of aromatic nitrogens is 1. The van der Waals surface area contributed by atoms with Gasteiger partial charge in [-0.05, 0) is 37.1 Å². The zero-order valence-corrected chi connectivity index (χ0v) is 13.6. The maximum atomic E-state index is 12.8. The quantitative estimate of drug-likeness (QED) is 0.805. The largest absolute Gasteiger partial charge is 0.333 e. The topological polar surface area (TPSA) is 70.6 Å². The van der Waals surface area contributed by atoms with Gasteiger partial charge in [-0.15, -0.1) is 0 Å². The lowest BCUT2D eigenvalue weighted by Gasteiger charge is -2.26. The molecule has 0 saturated carbocycles. The number of carbonyl (C=O) groups is 3. The summed E-state index contributed by atoms with van der Waals surface area (Å²) in [7, 11) is 0. The van der Waals surface area contributed by atoms with Gasteiger partial charge in [0, 0.05) is 12.7 Å². The minimum atomic E-state index is -0.400. The molecule has 2 aromatic rings. The third-order valence-electron chi connectivity index (χ3n) is 4.77. The normalized spacial score (nSPS) is 19.4. The van der Waals surface area contributed by atoms with E-state index in [4.69, 9.17) is 0 Å². The van der Waals surface area contributed by atoms with Crippen LogP contribution in [0.2, 0.25) is 0 Å². The van der Waals surface area contributed by atoms with E-state index < -0.39 is 11.8 Å². The van der Waals surface area contributed by atoms with Crippen molar-refractivity contribution in [3.05, 3.63) is 65.5 Å². The standard InChI is InChI=1S/C19H17N3O3/c23-17(21-11-5-9-16(21)15-8-3-4-10-20-15)12-22-18(24)13-6-1-2-7-14(13)19(22)25/h1-4,6-8,10,16H,5,9,11-12H2. The van der Waals surface area contributed by atoms with Crippen molar-refractivity contribution in [1.82, 2.24) is 14.8 Å². The van der Waals surface area contributed by atoms with Crippen LogP contribution >= 0.6 is 0 Å². The highest BCUT2D eigenvalue weighted by atomic mass is 16.2. The number of fused-ring (bicyclic) bond motifs is 1. The SMILES string of the molecule is O=C1c2ccccc2C(=O)N1CC(=O)N1CCCC1c1ccccn1. The first kappa shape index (κ1) is 15.5. The summed E-state index contributed by atoms with van der Waals surface area (Å²) in [6, 6.07) is 12.2. The molecule has 0 spiro atoms. The van der Waals surface area contributed by atoms with Crippen LogP contribution in [0.25, 0.3) is 0 Å². The lowest BCUT2D eigenvalue weighted by molar-refractivity contribution is -0.132. The maximum absolute atomic E-state index is 12.8. The molecule has 0 radical (unpaired) electrons. The molecule has 1 aromatic carbocycles. The zero-order chi connectivity index (χ0) is 17.4. The number of likely N-dealkylation sites (tertiary alicyclic amines) is 1. The van der Waals surface area contributed by atoms with Crippen molar-refractivity contribution in [2.75, 3.05) is 13.1 Å². The lowest BCUT2D eigenvalue weighted by Crippen LogP contribution is -2.42. The summed E-state index contributed by atoms with van der Waals surface area (Å²) in [5.41, 5.74) is 1.57. The first-order chi connectivity index (χ1) is 12.2. The van der Waals surface area contributed by atoms with Gasteiger partial charge in [0.05, 0.1) is 22.9 Å². The highest BCUT2D eigenvalue weighted by Gasteiger charge is 2.39. The Bertz CT molecular complexity index is 815. The van der Waals surface area contributed by atoms with Crippen molar-refractivity contribution < 1.29 is 14.4 Å².